The molecule has 0 saturated carbocycles. The zero-order valence-corrected chi connectivity index (χ0v) is 8.17. The lowest BCUT2D eigenvalue weighted by Crippen LogP contribution is -2.31. The van der Waals surface area contributed by atoms with E-state index < -0.39 is 0 Å². The highest BCUT2D eigenvalue weighted by Gasteiger charge is 2.05. The van der Waals surface area contributed by atoms with Gasteiger partial charge in [-0.05, 0) is 13.3 Å². The lowest BCUT2D eigenvalue weighted by atomic mass is 10.2. The lowest BCUT2D eigenvalue weighted by Gasteiger charge is -2.12. The smallest absolute Gasteiger partial charge is 0.0584 e. The SMILES string of the molecule is CC[C@@H](CO)NCc1cn[nH]c1C. The minimum atomic E-state index is 0.188. The van der Waals surface area contributed by atoms with Crippen LogP contribution >= 0.6 is 0 Å². The Kier molecular flexibility index (Phi) is 3.92. The van der Waals surface area contributed by atoms with E-state index in [2.05, 4.69) is 22.4 Å². The van der Waals surface area contributed by atoms with E-state index in [1.807, 2.05) is 13.1 Å². The molecule has 1 rings (SSSR count). The van der Waals surface area contributed by atoms with Gasteiger partial charge in [0.05, 0.1) is 12.8 Å². The molecule has 0 bridgehead atoms. The van der Waals surface area contributed by atoms with Crippen molar-refractivity contribution in [3.8, 4) is 0 Å². The summed E-state index contributed by atoms with van der Waals surface area (Å²) in [5.41, 5.74) is 2.24. The van der Waals surface area contributed by atoms with Crippen LogP contribution in [-0.2, 0) is 6.54 Å². The lowest BCUT2D eigenvalue weighted by molar-refractivity contribution is 0.238. The van der Waals surface area contributed by atoms with E-state index in [-0.39, 0.29) is 12.6 Å². The van der Waals surface area contributed by atoms with E-state index in [0.717, 1.165) is 24.2 Å². The van der Waals surface area contributed by atoms with E-state index in [4.69, 9.17) is 5.11 Å². The van der Waals surface area contributed by atoms with Crippen LogP contribution in [0.25, 0.3) is 0 Å². The molecule has 13 heavy (non-hydrogen) atoms. The molecule has 4 heteroatoms. The van der Waals surface area contributed by atoms with Crippen LogP contribution in [0.4, 0.5) is 0 Å². The Morgan fingerprint density at radius 3 is 2.92 bits per heavy atom. The van der Waals surface area contributed by atoms with Gasteiger partial charge in [0, 0.05) is 23.8 Å². The molecule has 3 N–H and O–H groups in total. The van der Waals surface area contributed by atoms with Crippen LogP contribution in [-0.4, -0.2) is 28.0 Å². The number of rotatable bonds is 5. The van der Waals surface area contributed by atoms with Gasteiger partial charge in [0.2, 0.25) is 0 Å². The van der Waals surface area contributed by atoms with Crippen LogP contribution < -0.4 is 5.32 Å². The third-order valence-electron chi connectivity index (χ3n) is 2.23. The van der Waals surface area contributed by atoms with E-state index >= 15 is 0 Å². The molecule has 74 valence electrons. The Balaban J connectivity index is 2.38. The number of H-pyrrole nitrogens is 1. The highest BCUT2D eigenvalue weighted by Crippen LogP contribution is 2.02. The van der Waals surface area contributed by atoms with Crippen molar-refractivity contribution in [1.29, 1.82) is 0 Å². The number of aromatic amines is 1. The number of aliphatic hydroxyl groups excluding tert-OH is 1. The summed E-state index contributed by atoms with van der Waals surface area (Å²) in [6.07, 6.45) is 2.75. The molecule has 0 aliphatic carbocycles. The molecule has 1 atom stereocenters. The minimum Gasteiger partial charge on any atom is -0.395 e. The van der Waals surface area contributed by atoms with Crippen molar-refractivity contribution in [1.82, 2.24) is 15.5 Å². The van der Waals surface area contributed by atoms with Crippen molar-refractivity contribution in [3.63, 3.8) is 0 Å². The Morgan fingerprint density at radius 2 is 2.46 bits per heavy atom. The first kappa shape index (κ1) is 10.2. The minimum absolute atomic E-state index is 0.188. The van der Waals surface area contributed by atoms with Gasteiger partial charge >= 0.3 is 0 Å². The summed E-state index contributed by atoms with van der Waals surface area (Å²) in [4.78, 5) is 0. The summed E-state index contributed by atoms with van der Waals surface area (Å²) in [7, 11) is 0. The molecular weight excluding hydrogens is 166 g/mol. The molecule has 4 nitrogen and oxygen atoms in total. The number of hydrogen-bond acceptors (Lipinski definition) is 3. The molecule has 0 saturated heterocycles. The van der Waals surface area contributed by atoms with E-state index in [1.54, 1.807) is 0 Å². The number of hydrogen-bond donors (Lipinski definition) is 3. The molecule has 0 radical (unpaired) electrons. The summed E-state index contributed by atoms with van der Waals surface area (Å²) < 4.78 is 0. The van der Waals surface area contributed by atoms with Crippen molar-refractivity contribution in [2.45, 2.75) is 32.9 Å². The van der Waals surface area contributed by atoms with E-state index in [1.165, 1.54) is 0 Å². The molecule has 0 aliphatic heterocycles. The third kappa shape index (κ3) is 2.82. The van der Waals surface area contributed by atoms with Gasteiger partial charge in [-0.3, -0.25) is 5.10 Å². The van der Waals surface area contributed by atoms with Crippen LogP contribution in [0, 0.1) is 6.92 Å². The van der Waals surface area contributed by atoms with Gasteiger partial charge in [-0.2, -0.15) is 5.10 Å². The molecule has 1 aromatic rings. The second-order valence-corrected chi connectivity index (χ2v) is 3.19. The quantitative estimate of drug-likeness (QED) is 0.625. The highest BCUT2D eigenvalue weighted by atomic mass is 16.3. The van der Waals surface area contributed by atoms with Crippen LogP contribution in [0.5, 0.6) is 0 Å². The number of aliphatic hydroxyl groups is 1. The predicted octanol–water partition coefficient (Wildman–Crippen LogP) is 0.579. The molecule has 0 unspecified atom stereocenters. The normalized spacial score (nSPS) is 13.2. The molecule has 0 amide bonds. The fraction of sp³-hybridized carbons (Fsp3) is 0.667. The number of aromatic nitrogens is 2. The first-order valence-electron chi connectivity index (χ1n) is 4.61. The van der Waals surface area contributed by atoms with Gasteiger partial charge in [-0.15, -0.1) is 0 Å². The average molecular weight is 183 g/mol. The van der Waals surface area contributed by atoms with Crippen molar-refractivity contribution in [2.75, 3.05) is 6.61 Å². The zero-order valence-electron chi connectivity index (χ0n) is 8.17. The van der Waals surface area contributed by atoms with Gasteiger partial charge in [-0.1, -0.05) is 6.92 Å². The van der Waals surface area contributed by atoms with Crippen molar-refractivity contribution < 1.29 is 5.11 Å². The highest BCUT2D eigenvalue weighted by molar-refractivity contribution is 5.13. The van der Waals surface area contributed by atoms with Crippen molar-refractivity contribution >= 4 is 0 Å². The number of nitrogens with zero attached hydrogens (tertiary/aromatic N) is 1. The van der Waals surface area contributed by atoms with Crippen LogP contribution in [0.15, 0.2) is 6.20 Å². The second kappa shape index (κ2) is 4.99. The molecule has 0 fully saturated rings. The molecule has 0 aliphatic rings. The standard InChI is InChI=1S/C9H17N3O/c1-3-9(6-13)10-4-8-5-11-12-7(8)2/h5,9-10,13H,3-4,6H2,1-2H3,(H,11,12)/t9-/m0/s1. The Hall–Kier alpha value is -0.870. The Morgan fingerprint density at radius 1 is 1.69 bits per heavy atom. The fourth-order valence-corrected chi connectivity index (χ4v) is 1.15. The van der Waals surface area contributed by atoms with Crippen LogP contribution in [0.1, 0.15) is 24.6 Å². The van der Waals surface area contributed by atoms with E-state index in [9.17, 15) is 0 Å². The van der Waals surface area contributed by atoms with Crippen molar-refractivity contribution in [3.05, 3.63) is 17.5 Å². The summed E-state index contributed by atoms with van der Waals surface area (Å²) in [6.45, 7) is 4.99. The maximum Gasteiger partial charge on any atom is 0.0584 e. The summed E-state index contributed by atoms with van der Waals surface area (Å²) in [5.74, 6) is 0. The first-order valence-corrected chi connectivity index (χ1v) is 4.61. The van der Waals surface area contributed by atoms with Crippen molar-refractivity contribution in [2.24, 2.45) is 0 Å². The van der Waals surface area contributed by atoms with Gasteiger partial charge in [0.1, 0.15) is 0 Å². The maximum atomic E-state index is 8.94. The number of aryl methyl sites for hydroxylation is 1. The largest absolute Gasteiger partial charge is 0.395 e. The average Bonchev–Trinajstić information content (AvgIpc) is 2.54. The molecular formula is C9H17N3O. The Bertz CT molecular complexity index is 243. The van der Waals surface area contributed by atoms with Gasteiger partial charge < -0.3 is 10.4 Å². The monoisotopic (exact) mass is 183 g/mol. The van der Waals surface area contributed by atoms with Crippen LogP contribution in [0.2, 0.25) is 0 Å². The summed E-state index contributed by atoms with van der Waals surface area (Å²) in [5, 5.41) is 19.0. The fourth-order valence-electron chi connectivity index (χ4n) is 1.15. The summed E-state index contributed by atoms with van der Waals surface area (Å²) >= 11 is 0. The zero-order chi connectivity index (χ0) is 9.68. The van der Waals surface area contributed by atoms with E-state index in [0.29, 0.717) is 0 Å². The Labute approximate surface area is 78.4 Å². The van der Waals surface area contributed by atoms with Gasteiger partial charge in [-0.25, -0.2) is 0 Å². The van der Waals surface area contributed by atoms with Gasteiger partial charge in [0.25, 0.3) is 0 Å². The number of nitrogens with one attached hydrogen (secondary N) is 2. The summed E-state index contributed by atoms with van der Waals surface area (Å²) in [6, 6.07) is 0.189. The molecule has 1 aromatic heterocycles. The molecule has 0 spiro atoms. The topological polar surface area (TPSA) is 60.9 Å². The van der Waals surface area contributed by atoms with Gasteiger partial charge in [0.15, 0.2) is 0 Å². The second-order valence-electron chi connectivity index (χ2n) is 3.19. The first-order chi connectivity index (χ1) is 6.27. The maximum absolute atomic E-state index is 8.94. The molecule has 1 heterocycles. The third-order valence-corrected chi connectivity index (χ3v) is 2.23. The predicted molar refractivity (Wildman–Crippen MR) is 51.3 cm³/mol. The van der Waals surface area contributed by atoms with Crippen LogP contribution in [0.3, 0.4) is 0 Å². The molecule has 0 aromatic carbocycles.